The number of benzene rings is 2. The first-order valence-electron chi connectivity index (χ1n) is 9.05. The maximum atomic E-state index is 13.2. The molecule has 0 radical (unpaired) electrons. The van der Waals surface area contributed by atoms with E-state index in [0.29, 0.717) is 16.1 Å². The normalized spacial score (nSPS) is 11.0. The number of carbonyl (C=O) groups is 1. The molecule has 0 amide bonds. The molecule has 0 fully saturated rings. The molecule has 0 aliphatic heterocycles. The van der Waals surface area contributed by atoms with Crippen LogP contribution in [0.1, 0.15) is 15.9 Å². The van der Waals surface area contributed by atoms with Crippen LogP contribution >= 0.6 is 11.6 Å². The van der Waals surface area contributed by atoms with Gasteiger partial charge in [-0.05, 0) is 54.1 Å². The Bertz CT molecular complexity index is 1360. The summed E-state index contributed by atoms with van der Waals surface area (Å²) in [6, 6.07) is 15.0. The summed E-state index contributed by atoms with van der Waals surface area (Å²) in [5.41, 5.74) is 0.0802. The number of pyridine rings is 1. The van der Waals surface area contributed by atoms with Gasteiger partial charge in [0.25, 0.3) is 5.56 Å². The molecule has 0 saturated heterocycles. The summed E-state index contributed by atoms with van der Waals surface area (Å²) in [6.45, 7) is -0.341. The third-order valence-electron chi connectivity index (χ3n) is 4.71. The smallest absolute Gasteiger partial charge is 0.292 e. The minimum Gasteiger partial charge on any atom is -0.292 e. The number of Topliss-reactive ketones (excluding diaryl/α,β-unsaturated/α-hetero) is 1. The van der Waals surface area contributed by atoms with Gasteiger partial charge in [0, 0.05) is 16.8 Å². The van der Waals surface area contributed by atoms with Crippen LogP contribution in [0, 0.1) is 5.82 Å². The lowest BCUT2D eigenvalue weighted by Crippen LogP contribution is -2.41. The molecule has 0 saturated carbocycles. The number of fused-ring (bicyclic) bond motifs is 1. The zero-order chi connectivity index (χ0) is 21.3. The number of halogens is 2. The second-order valence-corrected chi connectivity index (χ2v) is 7.12. The molecule has 0 atom stereocenters. The van der Waals surface area contributed by atoms with Crippen molar-refractivity contribution >= 4 is 28.4 Å². The molecule has 0 aliphatic rings. The molecule has 2 heterocycles. The van der Waals surface area contributed by atoms with Crippen molar-refractivity contribution in [3.8, 4) is 0 Å². The van der Waals surface area contributed by atoms with Crippen molar-refractivity contribution in [2.75, 3.05) is 0 Å². The molecular weight excluding hydrogens is 409 g/mol. The molecule has 0 bridgehead atoms. The molecule has 30 heavy (non-hydrogen) atoms. The Morgan fingerprint density at radius 3 is 2.37 bits per heavy atom. The van der Waals surface area contributed by atoms with Gasteiger partial charge in [0.05, 0.1) is 18.6 Å². The van der Waals surface area contributed by atoms with Crippen LogP contribution in [0.25, 0.3) is 11.0 Å². The summed E-state index contributed by atoms with van der Waals surface area (Å²) in [4.78, 5) is 42.9. The van der Waals surface area contributed by atoms with Crippen LogP contribution < -0.4 is 11.2 Å². The number of hydrogen-bond donors (Lipinski definition) is 0. The molecule has 4 rings (SSSR count). The first-order valence-corrected chi connectivity index (χ1v) is 9.43. The van der Waals surface area contributed by atoms with Gasteiger partial charge in [0.15, 0.2) is 11.3 Å². The summed E-state index contributed by atoms with van der Waals surface area (Å²) in [5, 5.41) is 0.492. The quantitative estimate of drug-likeness (QED) is 0.462. The molecule has 0 unspecified atom stereocenters. The van der Waals surface area contributed by atoms with E-state index >= 15 is 0 Å². The Labute approximate surface area is 174 Å². The molecule has 150 valence electrons. The van der Waals surface area contributed by atoms with Gasteiger partial charge in [-0.25, -0.2) is 14.2 Å². The van der Waals surface area contributed by atoms with Gasteiger partial charge in [-0.1, -0.05) is 23.7 Å². The average molecular weight is 424 g/mol. The van der Waals surface area contributed by atoms with Gasteiger partial charge in [0.1, 0.15) is 5.82 Å². The maximum Gasteiger partial charge on any atom is 0.332 e. The number of hydrogen-bond acceptors (Lipinski definition) is 4. The van der Waals surface area contributed by atoms with E-state index in [4.69, 9.17) is 11.6 Å². The van der Waals surface area contributed by atoms with E-state index in [1.54, 1.807) is 36.4 Å². The van der Waals surface area contributed by atoms with Gasteiger partial charge < -0.3 is 0 Å². The lowest BCUT2D eigenvalue weighted by Gasteiger charge is -2.13. The van der Waals surface area contributed by atoms with Crippen LogP contribution in [0.2, 0.25) is 5.02 Å². The van der Waals surface area contributed by atoms with Crippen molar-refractivity contribution < 1.29 is 9.18 Å². The van der Waals surface area contributed by atoms with Gasteiger partial charge >= 0.3 is 5.69 Å². The largest absolute Gasteiger partial charge is 0.332 e. The third-order valence-corrected chi connectivity index (χ3v) is 4.96. The van der Waals surface area contributed by atoms with E-state index in [-0.39, 0.29) is 29.9 Å². The highest BCUT2D eigenvalue weighted by molar-refractivity contribution is 6.30. The minimum atomic E-state index is -0.646. The van der Waals surface area contributed by atoms with Crippen molar-refractivity contribution in [2.45, 2.75) is 13.1 Å². The van der Waals surface area contributed by atoms with Crippen molar-refractivity contribution in [3.05, 3.63) is 110 Å². The van der Waals surface area contributed by atoms with Crippen molar-refractivity contribution in [1.29, 1.82) is 0 Å². The molecule has 2 aromatic heterocycles. The van der Waals surface area contributed by atoms with Crippen molar-refractivity contribution in [2.24, 2.45) is 0 Å². The molecular formula is C22H15ClFN3O3. The Morgan fingerprint density at radius 1 is 0.967 bits per heavy atom. The highest BCUT2D eigenvalue weighted by atomic mass is 35.5. The molecule has 0 N–H and O–H groups in total. The Kier molecular flexibility index (Phi) is 5.29. The zero-order valence-corrected chi connectivity index (χ0v) is 16.3. The SMILES string of the molecule is O=C(Cn1c(=O)n(Cc2ccc(F)cc2)c(=O)c2ncccc21)c1ccc(Cl)cc1. The van der Waals surface area contributed by atoms with Crippen molar-refractivity contribution in [3.63, 3.8) is 0 Å². The number of aromatic nitrogens is 3. The zero-order valence-electron chi connectivity index (χ0n) is 15.6. The van der Waals surface area contributed by atoms with E-state index in [2.05, 4.69) is 4.98 Å². The van der Waals surface area contributed by atoms with Gasteiger partial charge in [0.2, 0.25) is 0 Å². The Hall–Kier alpha value is -3.58. The standard InChI is InChI=1S/C22H15ClFN3O3/c23-16-7-5-15(6-8-16)19(28)13-26-18-2-1-11-25-20(18)21(29)27(22(26)30)12-14-3-9-17(24)10-4-14/h1-11H,12-13H2. The van der Waals surface area contributed by atoms with Crippen LogP contribution in [0.3, 0.4) is 0 Å². The van der Waals surface area contributed by atoms with E-state index in [1.165, 1.54) is 35.0 Å². The fourth-order valence-electron chi connectivity index (χ4n) is 3.18. The predicted octanol–water partition coefficient (Wildman–Crippen LogP) is 3.28. The number of ketones is 1. The molecule has 0 aliphatic carbocycles. The highest BCUT2D eigenvalue weighted by Crippen LogP contribution is 2.12. The summed E-state index contributed by atoms with van der Waals surface area (Å²) < 4.78 is 15.4. The summed E-state index contributed by atoms with van der Waals surface area (Å²) in [7, 11) is 0. The second kappa shape index (κ2) is 8.04. The average Bonchev–Trinajstić information content (AvgIpc) is 2.76. The molecule has 0 spiro atoms. The fraction of sp³-hybridized carbons (Fsp3) is 0.0909. The number of nitrogens with zero attached hydrogens (tertiary/aromatic N) is 3. The van der Waals surface area contributed by atoms with E-state index in [9.17, 15) is 18.8 Å². The summed E-state index contributed by atoms with van der Waals surface area (Å²) >= 11 is 5.87. The lowest BCUT2D eigenvalue weighted by atomic mass is 10.1. The van der Waals surface area contributed by atoms with Crippen LogP contribution in [-0.4, -0.2) is 19.9 Å². The molecule has 6 nitrogen and oxygen atoms in total. The Morgan fingerprint density at radius 2 is 1.67 bits per heavy atom. The van der Waals surface area contributed by atoms with E-state index < -0.39 is 17.1 Å². The van der Waals surface area contributed by atoms with Crippen LogP contribution in [0.15, 0.2) is 76.4 Å². The number of rotatable bonds is 5. The maximum absolute atomic E-state index is 13.2. The van der Waals surface area contributed by atoms with Crippen LogP contribution in [0.4, 0.5) is 4.39 Å². The first-order chi connectivity index (χ1) is 14.4. The highest BCUT2D eigenvalue weighted by Gasteiger charge is 2.17. The number of carbonyl (C=O) groups excluding carboxylic acids is 1. The molecule has 8 heteroatoms. The fourth-order valence-corrected chi connectivity index (χ4v) is 3.30. The monoisotopic (exact) mass is 423 g/mol. The van der Waals surface area contributed by atoms with Gasteiger partial charge in [-0.3, -0.25) is 18.7 Å². The Balaban J connectivity index is 1.83. The van der Waals surface area contributed by atoms with Crippen LogP contribution in [-0.2, 0) is 13.1 Å². The van der Waals surface area contributed by atoms with E-state index in [0.717, 1.165) is 4.57 Å². The molecule has 2 aromatic carbocycles. The minimum absolute atomic E-state index is 0.0698. The van der Waals surface area contributed by atoms with E-state index in [1.807, 2.05) is 0 Å². The summed E-state index contributed by atoms with van der Waals surface area (Å²) in [6.07, 6.45) is 1.45. The third kappa shape index (κ3) is 3.79. The lowest BCUT2D eigenvalue weighted by molar-refractivity contribution is 0.0971. The van der Waals surface area contributed by atoms with Gasteiger partial charge in [-0.2, -0.15) is 0 Å². The summed E-state index contributed by atoms with van der Waals surface area (Å²) in [5.74, 6) is -0.733. The topological polar surface area (TPSA) is 74.0 Å². The second-order valence-electron chi connectivity index (χ2n) is 6.69. The first kappa shape index (κ1) is 19.7. The van der Waals surface area contributed by atoms with Crippen LogP contribution in [0.5, 0.6) is 0 Å². The van der Waals surface area contributed by atoms with Crippen molar-refractivity contribution in [1.82, 2.24) is 14.1 Å². The molecule has 4 aromatic rings. The predicted molar refractivity (Wildman–Crippen MR) is 112 cm³/mol. The van der Waals surface area contributed by atoms with Gasteiger partial charge in [-0.15, -0.1) is 0 Å².